The van der Waals surface area contributed by atoms with E-state index in [1.165, 1.54) is 18.5 Å². The van der Waals surface area contributed by atoms with Gasteiger partial charge < -0.3 is 10.2 Å². The van der Waals surface area contributed by atoms with E-state index in [0.717, 1.165) is 32.2 Å². The number of nitrogens with zero attached hydrogens (tertiary/aromatic N) is 4. The van der Waals surface area contributed by atoms with Gasteiger partial charge in [0.25, 0.3) is 0 Å². The first kappa shape index (κ1) is 17.1. The molecule has 0 amide bonds. The second-order valence-electron chi connectivity index (χ2n) is 6.01. The minimum atomic E-state index is -0.500. The summed E-state index contributed by atoms with van der Waals surface area (Å²) in [5, 5.41) is 14.5. The van der Waals surface area contributed by atoms with Crippen LogP contribution in [-0.4, -0.2) is 27.5 Å². The van der Waals surface area contributed by atoms with Gasteiger partial charge in [-0.15, -0.1) is 0 Å². The zero-order chi connectivity index (χ0) is 17.8. The number of halogens is 1. The minimum Gasteiger partial charge on any atom is -0.348 e. The lowest BCUT2D eigenvalue weighted by molar-refractivity contribution is -0.383. The Balaban J connectivity index is 2.02. The molecular weight excluding hydrogens is 325 g/mol. The number of hydrogen-bond donors (Lipinski definition) is 1. The van der Waals surface area contributed by atoms with Crippen molar-refractivity contribution in [2.24, 2.45) is 0 Å². The Morgan fingerprint density at radius 1 is 1.36 bits per heavy atom. The van der Waals surface area contributed by atoms with Crippen molar-refractivity contribution in [3.63, 3.8) is 0 Å². The fourth-order valence-electron chi connectivity index (χ4n) is 3.23. The molecule has 1 aromatic carbocycles. The first-order valence-electron chi connectivity index (χ1n) is 8.39. The predicted octanol–water partition coefficient (Wildman–Crippen LogP) is 4.04. The number of benzene rings is 1. The van der Waals surface area contributed by atoms with Gasteiger partial charge in [-0.05, 0) is 37.8 Å². The van der Waals surface area contributed by atoms with E-state index in [1.807, 2.05) is 4.90 Å². The molecule has 1 atom stereocenters. The number of aromatic nitrogens is 2. The summed E-state index contributed by atoms with van der Waals surface area (Å²) >= 11 is 0. The van der Waals surface area contributed by atoms with Crippen LogP contribution in [0.1, 0.15) is 32.6 Å². The number of anilines is 3. The molecule has 1 aromatic heterocycles. The summed E-state index contributed by atoms with van der Waals surface area (Å²) < 4.78 is 13.9. The van der Waals surface area contributed by atoms with Gasteiger partial charge in [0.05, 0.1) is 10.6 Å². The highest BCUT2D eigenvalue weighted by atomic mass is 19.1. The van der Waals surface area contributed by atoms with Crippen molar-refractivity contribution in [2.75, 3.05) is 16.8 Å². The van der Waals surface area contributed by atoms with E-state index in [9.17, 15) is 14.5 Å². The van der Waals surface area contributed by atoms with Crippen LogP contribution in [0.2, 0.25) is 0 Å². The van der Waals surface area contributed by atoms with E-state index in [2.05, 4.69) is 22.2 Å². The molecule has 2 heterocycles. The van der Waals surface area contributed by atoms with Crippen LogP contribution in [0.3, 0.4) is 0 Å². The second kappa shape index (κ2) is 7.42. The molecule has 0 aliphatic carbocycles. The molecule has 0 saturated carbocycles. The zero-order valence-corrected chi connectivity index (χ0v) is 14.0. The van der Waals surface area contributed by atoms with Gasteiger partial charge in [0.2, 0.25) is 11.6 Å². The summed E-state index contributed by atoms with van der Waals surface area (Å²) in [6, 6.07) is 6.21. The van der Waals surface area contributed by atoms with Gasteiger partial charge in [0.1, 0.15) is 12.1 Å². The Bertz CT molecular complexity index is 770. The molecule has 3 rings (SSSR count). The van der Waals surface area contributed by atoms with Gasteiger partial charge in [0.15, 0.2) is 0 Å². The molecule has 1 N–H and O–H groups in total. The number of para-hydroxylation sites is 1. The molecule has 1 aliphatic heterocycles. The number of piperidine rings is 1. The molecule has 8 heteroatoms. The van der Waals surface area contributed by atoms with Gasteiger partial charge in [-0.25, -0.2) is 14.4 Å². The number of nitro groups is 1. The summed E-state index contributed by atoms with van der Waals surface area (Å²) in [6.07, 6.45) is 5.22. The predicted molar refractivity (Wildman–Crippen MR) is 93.6 cm³/mol. The monoisotopic (exact) mass is 345 g/mol. The molecule has 1 saturated heterocycles. The molecule has 0 spiro atoms. The van der Waals surface area contributed by atoms with Crippen LogP contribution >= 0.6 is 0 Å². The van der Waals surface area contributed by atoms with Gasteiger partial charge in [-0.2, -0.15) is 0 Å². The van der Waals surface area contributed by atoms with E-state index in [-0.39, 0.29) is 23.2 Å². The van der Waals surface area contributed by atoms with Crippen molar-refractivity contribution in [1.82, 2.24) is 9.97 Å². The third-order valence-electron chi connectivity index (χ3n) is 4.48. The molecule has 0 bridgehead atoms. The number of rotatable bonds is 5. The summed E-state index contributed by atoms with van der Waals surface area (Å²) in [5.74, 6) is -0.202. The molecule has 7 nitrogen and oxygen atoms in total. The topological polar surface area (TPSA) is 84.2 Å². The average Bonchev–Trinajstić information content (AvgIpc) is 2.63. The van der Waals surface area contributed by atoms with Crippen LogP contribution in [0, 0.1) is 15.9 Å². The summed E-state index contributed by atoms with van der Waals surface area (Å²) in [5.41, 5.74) is -0.0768. The Morgan fingerprint density at radius 2 is 2.16 bits per heavy atom. The largest absolute Gasteiger partial charge is 0.353 e. The Kier molecular flexibility index (Phi) is 5.06. The maximum atomic E-state index is 13.9. The molecule has 2 aromatic rings. The molecule has 1 fully saturated rings. The van der Waals surface area contributed by atoms with Gasteiger partial charge in [-0.1, -0.05) is 19.1 Å². The molecule has 1 aliphatic rings. The third-order valence-corrected chi connectivity index (χ3v) is 4.48. The lowest BCUT2D eigenvalue weighted by Crippen LogP contribution is -2.40. The van der Waals surface area contributed by atoms with Gasteiger partial charge in [-0.3, -0.25) is 10.1 Å². The summed E-state index contributed by atoms with van der Waals surface area (Å²) in [6.45, 7) is 2.78. The number of nitrogens with one attached hydrogen (secondary N) is 1. The normalized spacial score (nSPS) is 17.4. The average molecular weight is 345 g/mol. The minimum absolute atomic E-state index is 0.000488. The molecule has 1 unspecified atom stereocenters. The summed E-state index contributed by atoms with van der Waals surface area (Å²) in [7, 11) is 0. The fourth-order valence-corrected chi connectivity index (χ4v) is 3.23. The van der Waals surface area contributed by atoms with Crippen molar-refractivity contribution < 1.29 is 9.31 Å². The van der Waals surface area contributed by atoms with Crippen molar-refractivity contribution in [3.05, 3.63) is 46.5 Å². The maximum Gasteiger partial charge on any atom is 0.353 e. The molecule has 0 radical (unpaired) electrons. The smallest absolute Gasteiger partial charge is 0.348 e. The Morgan fingerprint density at radius 3 is 2.88 bits per heavy atom. The van der Waals surface area contributed by atoms with E-state index >= 15 is 0 Å². The van der Waals surface area contributed by atoms with Crippen molar-refractivity contribution in [1.29, 1.82) is 0 Å². The number of hydrogen-bond acceptors (Lipinski definition) is 6. The lowest BCUT2D eigenvalue weighted by atomic mass is 10.00. The molecule has 25 heavy (non-hydrogen) atoms. The van der Waals surface area contributed by atoms with Crippen LogP contribution in [0.5, 0.6) is 0 Å². The lowest BCUT2D eigenvalue weighted by Gasteiger charge is -2.35. The second-order valence-corrected chi connectivity index (χ2v) is 6.01. The van der Waals surface area contributed by atoms with E-state index < -0.39 is 10.7 Å². The van der Waals surface area contributed by atoms with Gasteiger partial charge >= 0.3 is 5.69 Å². The van der Waals surface area contributed by atoms with E-state index in [1.54, 1.807) is 12.1 Å². The van der Waals surface area contributed by atoms with Crippen LogP contribution in [0.25, 0.3) is 0 Å². The zero-order valence-electron chi connectivity index (χ0n) is 14.0. The SMILES string of the molecule is CCC1CCCCN1c1ncnc(Nc2ccccc2F)c1[N+](=O)[O-]. The van der Waals surface area contributed by atoms with Crippen LogP contribution < -0.4 is 10.2 Å². The van der Waals surface area contributed by atoms with Gasteiger partial charge in [0, 0.05) is 12.6 Å². The highest BCUT2D eigenvalue weighted by molar-refractivity contribution is 5.74. The fraction of sp³-hybridized carbons (Fsp3) is 0.412. The van der Waals surface area contributed by atoms with Crippen LogP contribution in [-0.2, 0) is 0 Å². The van der Waals surface area contributed by atoms with E-state index in [0.29, 0.717) is 5.82 Å². The maximum absolute atomic E-state index is 13.9. The summed E-state index contributed by atoms with van der Waals surface area (Å²) in [4.78, 5) is 21.4. The van der Waals surface area contributed by atoms with Crippen LogP contribution in [0.4, 0.5) is 27.4 Å². The molecule has 132 valence electrons. The highest BCUT2D eigenvalue weighted by Crippen LogP contribution is 2.37. The van der Waals surface area contributed by atoms with Crippen LogP contribution in [0.15, 0.2) is 30.6 Å². The van der Waals surface area contributed by atoms with E-state index in [4.69, 9.17) is 0 Å². The third kappa shape index (κ3) is 3.52. The first-order chi connectivity index (χ1) is 12.1. The van der Waals surface area contributed by atoms with Crippen molar-refractivity contribution >= 4 is 23.0 Å². The first-order valence-corrected chi connectivity index (χ1v) is 8.39. The van der Waals surface area contributed by atoms with Crippen molar-refractivity contribution in [2.45, 2.75) is 38.6 Å². The Hall–Kier alpha value is -2.77. The molecular formula is C17H20FN5O2. The van der Waals surface area contributed by atoms with Crippen molar-refractivity contribution in [3.8, 4) is 0 Å². The quantitative estimate of drug-likeness (QED) is 0.650. The highest BCUT2D eigenvalue weighted by Gasteiger charge is 2.32. The Labute approximate surface area is 145 Å². The standard InChI is InChI=1S/C17H20FN5O2/c1-2-12-7-5-6-10-22(12)17-15(23(24)25)16(19-11-20-17)21-14-9-4-3-8-13(14)18/h3-4,8-9,11-12H,2,5-7,10H2,1H3,(H,19,20,21).